The van der Waals surface area contributed by atoms with Crippen LogP contribution in [0, 0.1) is 6.92 Å². The van der Waals surface area contributed by atoms with Crippen LogP contribution < -0.4 is 11.1 Å². The van der Waals surface area contributed by atoms with Gasteiger partial charge in [0.25, 0.3) is 5.91 Å². The van der Waals surface area contributed by atoms with Crippen LogP contribution in [0.4, 0.5) is 5.69 Å². The van der Waals surface area contributed by atoms with Crippen molar-refractivity contribution >= 4 is 28.8 Å². The fourth-order valence-corrected chi connectivity index (χ4v) is 1.76. The van der Waals surface area contributed by atoms with Crippen molar-refractivity contribution in [2.45, 2.75) is 6.92 Å². The van der Waals surface area contributed by atoms with Crippen LogP contribution in [0.15, 0.2) is 30.5 Å². The number of nitrogens with one attached hydrogen (secondary N) is 1. The van der Waals surface area contributed by atoms with Gasteiger partial charge in [0.1, 0.15) is 4.99 Å². The zero-order valence-corrected chi connectivity index (χ0v) is 11.5. The van der Waals surface area contributed by atoms with Gasteiger partial charge in [0.2, 0.25) is 0 Å². The zero-order chi connectivity index (χ0) is 14.0. The van der Waals surface area contributed by atoms with Crippen molar-refractivity contribution in [2.24, 2.45) is 12.8 Å². The highest BCUT2D eigenvalue weighted by Gasteiger charge is 2.11. The molecule has 0 aliphatic heterocycles. The molecule has 98 valence electrons. The van der Waals surface area contributed by atoms with Crippen LogP contribution in [-0.2, 0) is 7.05 Å². The molecule has 1 amide bonds. The van der Waals surface area contributed by atoms with Crippen LogP contribution in [0.3, 0.4) is 0 Å². The van der Waals surface area contributed by atoms with Gasteiger partial charge in [-0.1, -0.05) is 24.4 Å². The van der Waals surface area contributed by atoms with Gasteiger partial charge in [-0.05, 0) is 24.6 Å². The number of nitrogens with zero attached hydrogens (tertiary/aromatic N) is 2. The van der Waals surface area contributed by atoms with Gasteiger partial charge < -0.3 is 11.1 Å². The molecule has 5 nitrogen and oxygen atoms in total. The quantitative estimate of drug-likeness (QED) is 0.834. The third-order valence-corrected chi connectivity index (χ3v) is 2.95. The van der Waals surface area contributed by atoms with E-state index in [2.05, 4.69) is 10.4 Å². The predicted octanol–water partition coefficient (Wildman–Crippen LogP) is 1.62. The summed E-state index contributed by atoms with van der Waals surface area (Å²) in [6.07, 6.45) is 1.72. The summed E-state index contributed by atoms with van der Waals surface area (Å²) >= 11 is 4.92. The number of thiocarbonyl (C=S) groups is 1. The molecule has 19 heavy (non-hydrogen) atoms. The van der Waals surface area contributed by atoms with Crippen molar-refractivity contribution in [3.05, 3.63) is 47.3 Å². The summed E-state index contributed by atoms with van der Waals surface area (Å²) in [4.78, 5) is 12.3. The average molecular weight is 274 g/mol. The number of hydrogen-bond donors (Lipinski definition) is 2. The van der Waals surface area contributed by atoms with Crippen molar-refractivity contribution in [3.8, 4) is 0 Å². The lowest BCUT2D eigenvalue weighted by Gasteiger charge is -2.09. The van der Waals surface area contributed by atoms with E-state index in [1.54, 1.807) is 30.1 Å². The minimum Gasteiger partial charge on any atom is -0.389 e. The summed E-state index contributed by atoms with van der Waals surface area (Å²) in [5.41, 5.74) is 8.28. The van der Waals surface area contributed by atoms with E-state index in [0.29, 0.717) is 16.4 Å². The normalized spacial score (nSPS) is 10.2. The van der Waals surface area contributed by atoms with Crippen molar-refractivity contribution in [1.82, 2.24) is 9.78 Å². The van der Waals surface area contributed by atoms with Crippen LogP contribution in [-0.4, -0.2) is 20.7 Å². The van der Waals surface area contributed by atoms with Gasteiger partial charge in [-0.2, -0.15) is 5.10 Å². The highest BCUT2D eigenvalue weighted by molar-refractivity contribution is 7.80. The van der Waals surface area contributed by atoms with Crippen LogP contribution in [0.1, 0.15) is 21.6 Å². The SMILES string of the molecule is Cc1ccc(C(N)=S)cc1NC(=O)c1ccn(C)n1. The Hall–Kier alpha value is -2.21. The van der Waals surface area contributed by atoms with Crippen LogP contribution in [0.2, 0.25) is 0 Å². The van der Waals surface area contributed by atoms with Crippen molar-refractivity contribution in [3.63, 3.8) is 0 Å². The number of aryl methyl sites for hydroxylation is 2. The Morgan fingerprint density at radius 1 is 1.42 bits per heavy atom. The number of carbonyl (C=O) groups is 1. The number of amides is 1. The average Bonchev–Trinajstić information content (AvgIpc) is 2.78. The third-order valence-electron chi connectivity index (χ3n) is 2.72. The molecule has 1 aromatic carbocycles. The Bertz CT molecular complexity index is 648. The molecule has 0 aliphatic rings. The van der Waals surface area contributed by atoms with E-state index in [4.69, 9.17) is 18.0 Å². The maximum atomic E-state index is 12.0. The predicted molar refractivity (Wildman–Crippen MR) is 78.2 cm³/mol. The van der Waals surface area contributed by atoms with Crippen molar-refractivity contribution < 1.29 is 4.79 Å². The van der Waals surface area contributed by atoms with E-state index >= 15 is 0 Å². The van der Waals surface area contributed by atoms with E-state index in [9.17, 15) is 4.79 Å². The molecule has 0 bridgehead atoms. The Kier molecular flexibility index (Phi) is 3.62. The van der Waals surface area contributed by atoms with Gasteiger partial charge >= 0.3 is 0 Å². The second-order valence-electron chi connectivity index (χ2n) is 4.22. The number of hydrogen-bond acceptors (Lipinski definition) is 3. The lowest BCUT2D eigenvalue weighted by atomic mass is 10.1. The zero-order valence-electron chi connectivity index (χ0n) is 10.7. The van der Waals surface area contributed by atoms with Crippen molar-refractivity contribution in [1.29, 1.82) is 0 Å². The second-order valence-corrected chi connectivity index (χ2v) is 4.66. The summed E-state index contributed by atoms with van der Waals surface area (Å²) in [7, 11) is 1.76. The van der Waals surface area contributed by atoms with E-state index in [1.165, 1.54) is 0 Å². The number of nitrogens with two attached hydrogens (primary N) is 1. The summed E-state index contributed by atoms with van der Waals surface area (Å²) in [5.74, 6) is -0.260. The van der Waals surface area contributed by atoms with E-state index < -0.39 is 0 Å². The van der Waals surface area contributed by atoms with Gasteiger partial charge in [-0.3, -0.25) is 9.48 Å². The molecule has 0 atom stereocenters. The van der Waals surface area contributed by atoms with Gasteiger partial charge in [0.05, 0.1) is 0 Å². The Morgan fingerprint density at radius 3 is 2.74 bits per heavy atom. The molecule has 0 fully saturated rings. The third kappa shape index (κ3) is 2.97. The lowest BCUT2D eigenvalue weighted by Crippen LogP contribution is -2.15. The first kappa shape index (κ1) is 13.2. The Labute approximate surface area is 116 Å². The van der Waals surface area contributed by atoms with E-state index in [1.807, 2.05) is 19.1 Å². The lowest BCUT2D eigenvalue weighted by molar-refractivity contribution is 0.102. The summed E-state index contributed by atoms with van der Waals surface area (Å²) in [6.45, 7) is 1.90. The molecule has 3 N–H and O–H groups in total. The van der Waals surface area contributed by atoms with Gasteiger partial charge in [0, 0.05) is 24.5 Å². The standard InChI is InChI=1S/C13H14N4OS/c1-8-3-4-9(12(14)19)7-11(8)15-13(18)10-5-6-17(2)16-10/h3-7H,1-2H3,(H2,14,19)(H,15,18). The number of carbonyl (C=O) groups excluding carboxylic acids is 1. The molecule has 1 aromatic heterocycles. The smallest absolute Gasteiger partial charge is 0.276 e. The van der Waals surface area contributed by atoms with Gasteiger partial charge in [-0.15, -0.1) is 0 Å². The summed E-state index contributed by atoms with van der Waals surface area (Å²) in [5, 5.41) is 6.85. The topological polar surface area (TPSA) is 72.9 Å². The molecule has 1 heterocycles. The largest absolute Gasteiger partial charge is 0.389 e. The highest BCUT2D eigenvalue weighted by Crippen LogP contribution is 2.17. The number of benzene rings is 1. The second kappa shape index (κ2) is 5.19. The fourth-order valence-electron chi connectivity index (χ4n) is 1.63. The summed E-state index contributed by atoms with van der Waals surface area (Å²) in [6, 6.07) is 7.11. The molecular weight excluding hydrogens is 260 g/mol. The van der Waals surface area contributed by atoms with Gasteiger partial charge in [0.15, 0.2) is 5.69 Å². The fraction of sp³-hybridized carbons (Fsp3) is 0.154. The van der Waals surface area contributed by atoms with Crippen molar-refractivity contribution in [2.75, 3.05) is 5.32 Å². The molecular formula is C13H14N4OS. The molecule has 0 radical (unpaired) electrons. The maximum Gasteiger partial charge on any atom is 0.276 e. The minimum absolute atomic E-state index is 0.260. The van der Waals surface area contributed by atoms with E-state index in [-0.39, 0.29) is 5.91 Å². The van der Waals surface area contributed by atoms with Gasteiger partial charge in [-0.25, -0.2) is 0 Å². The number of rotatable bonds is 3. The number of anilines is 1. The first-order valence-electron chi connectivity index (χ1n) is 5.69. The molecule has 6 heteroatoms. The maximum absolute atomic E-state index is 12.0. The Balaban J connectivity index is 2.25. The minimum atomic E-state index is -0.260. The first-order chi connectivity index (χ1) is 8.97. The molecule has 0 saturated heterocycles. The molecule has 0 spiro atoms. The molecule has 2 aromatic rings. The Morgan fingerprint density at radius 2 is 2.16 bits per heavy atom. The van der Waals surface area contributed by atoms with Crippen LogP contribution >= 0.6 is 12.2 Å². The first-order valence-corrected chi connectivity index (χ1v) is 6.09. The van der Waals surface area contributed by atoms with Crippen LogP contribution in [0.5, 0.6) is 0 Å². The summed E-state index contributed by atoms with van der Waals surface area (Å²) < 4.78 is 1.58. The van der Waals surface area contributed by atoms with Crippen LogP contribution in [0.25, 0.3) is 0 Å². The molecule has 0 unspecified atom stereocenters. The highest BCUT2D eigenvalue weighted by atomic mass is 32.1. The number of aromatic nitrogens is 2. The molecule has 0 saturated carbocycles. The van der Waals surface area contributed by atoms with E-state index in [0.717, 1.165) is 11.1 Å². The monoisotopic (exact) mass is 274 g/mol. The molecule has 2 rings (SSSR count). The molecule has 0 aliphatic carbocycles.